The maximum atomic E-state index is 12.3. The molecule has 0 radical (unpaired) electrons. The third-order valence-electron chi connectivity index (χ3n) is 3.32. The van der Waals surface area contributed by atoms with Gasteiger partial charge in [0.05, 0.1) is 5.75 Å². The first-order valence-electron chi connectivity index (χ1n) is 7.77. The van der Waals surface area contributed by atoms with Crippen molar-refractivity contribution in [1.82, 2.24) is 15.1 Å². The normalized spacial score (nSPS) is 10.6. The van der Waals surface area contributed by atoms with Crippen LogP contribution >= 0.6 is 39.0 Å². The quantitative estimate of drug-likeness (QED) is 0.477. The molecule has 0 unspecified atom stereocenters. The summed E-state index contributed by atoms with van der Waals surface area (Å²) in [4.78, 5) is 14.0. The van der Waals surface area contributed by atoms with Crippen LogP contribution in [0.1, 0.15) is 25.3 Å². The molecule has 1 heterocycles. The van der Waals surface area contributed by atoms with E-state index >= 15 is 0 Å². The summed E-state index contributed by atoms with van der Waals surface area (Å²) in [5.41, 5.74) is 1.09. The highest BCUT2D eigenvalue weighted by Gasteiger charge is 2.13. The third kappa shape index (κ3) is 6.07. The number of hydrogen-bond acceptors (Lipinski definition) is 6. The Bertz CT molecular complexity index is 665. The van der Waals surface area contributed by atoms with Crippen LogP contribution in [-0.4, -0.2) is 40.3 Å². The molecule has 1 aromatic carbocycles. The molecule has 1 amide bonds. The first-order valence-corrected chi connectivity index (χ1v) is 10.4. The molecule has 0 fully saturated rings. The lowest BCUT2D eigenvalue weighted by Gasteiger charge is -2.17. The van der Waals surface area contributed by atoms with Gasteiger partial charge in [0.1, 0.15) is 0 Å². The molecular formula is C16H21BrN4OS2. The number of carbonyl (C=O) groups is 1. The zero-order valence-electron chi connectivity index (χ0n) is 13.8. The lowest BCUT2D eigenvalue weighted by atomic mass is 10.2. The van der Waals surface area contributed by atoms with E-state index in [-0.39, 0.29) is 5.91 Å². The van der Waals surface area contributed by atoms with Crippen LogP contribution in [0.2, 0.25) is 0 Å². The first kappa shape index (κ1) is 19.2. The van der Waals surface area contributed by atoms with E-state index < -0.39 is 0 Å². The van der Waals surface area contributed by atoms with Crippen LogP contribution in [0.3, 0.4) is 0 Å². The predicted molar refractivity (Wildman–Crippen MR) is 105 cm³/mol. The third-order valence-corrected chi connectivity index (χ3v) is 6.10. The topological polar surface area (TPSA) is 58.1 Å². The summed E-state index contributed by atoms with van der Waals surface area (Å²) >= 11 is 6.44. The van der Waals surface area contributed by atoms with Crippen molar-refractivity contribution < 1.29 is 4.79 Å². The molecule has 0 aliphatic rings. The number of halogens is 1. The fourth-order valence-corrected chi connectivity index (χ4v) is 4.04. The van der Waals surface area contributed by atoms with Gasteiger partial charge in [0.25, 0.3) is 0 Å². The van der Waals surface area contributed by atoms with Crippen molar-refractivity contribution in [3.63, 3.8) is 0 Å². The van der Waals surface area contributed by atoms with E-state index in [0.717, 1.165) is 38.9 Å². The summed E-state index contributed by atoms with van der Waals surface area (Å²) < 4.78 is 1.83. The van der Waals surface area contributed by atoms with Crippen LogP contribution in [0, 0.1) is 0 Å². The predicted octanol–water partition coefficient (Wildman–Crippen LogP) is 4.26. The number of rotatable bonds is 9. The zero-order chi connectivity index (χ0) is 17.4. The standard InChI is InChI=1S/C16H21BrN4OS2/c1-3-4-9-18-15-19-20-16(24-15)23-11-14(22)21(2)10-12-7-5-6-8-13(12)17/h5-8H,3-4,9-11H2,1-2H3,(H,18,19). The van der Waals surface area contributed by atoms with E-state index in [1.807, 2.05) is 31.3 Å². The highest BCUT2D eigenvalue weighted by atomic mass is 79.9. The summed E-state index contributed by atoms with van der Waals surface area (Å²) in [5, 5.41) is 12.3. The number of amides is 1. The number of aromatic nitrogens is 2. The molecule has 2 rings (SSSR count). The average molecular weight is 429 g/mol. The molecule has 24 heavy (non-hydrogen) atoms. The van der Waals surface area contributed by atoms with Gasteiger partial charge in [0, 0.05) is 24.6 Å². The molecule has 1 N–H and O–H groups in total. The Balaban J connectivity index is 1.79. The first-order chi connectivity index (χ1) is 11.6. The summed E-state index contributed by atoms with van der Waals surface area (Å²) in [5.74, 6) is 0.441. The molecule has 0 aliphatic heterocycles. The van der Waals surface area contributed by atoms with Crippen LogP contribution in [0.15, 0.2) is 33.1 Å². The summed E-state index contributed by atoms with van der Waals surface area (Å²) in [6.07, 6.45) is 2.26. The molecule has 130 valence electrons. The number of nitrogens with one attached hydrogen (secondary N) is 1. The van der Waals surface area contributed by atoms with Crippen LogP contribution < -0.4 is 5.32 Å². The van der Waals surface area contributed by atoms with Gasteiger partial charge in [-0.3, -0.25) is 4.79 Å². The number of unbranched alkanes of at least 4 members (excludes halogenated alkanes) is 1. The number of carbonyl (C=O) groups excluding carboxylic acids is 1. The monoisotopic (exact) mass is 428 g/mol. The van der Waals surface area contributed by atoms with Crippen LogP contribution in [0.5, 0.6) is 0 Å². The van der Waals surface area contributed by atoms with E-state index in [1.165, 1.54) is 23.1 Å². The lowest BCUT2D eigenvalue weighted by molar-refractivity contribution is -0.127. The largest absolute Gasteiger partial charge is 0.360 e. The van der Waals surface area contributed by atoms with Crippen molar-refractivity contribution in [2.45, 2.75) is 30.6 Å². The molecule has 5 nitrogen and oxygen atoms in total. The van der Waals surface area contributed by atoms with Crippen molar-refractivity contribution in [2.75, 3.05) is 24.7 Å². The summed E-state index contributed by atoms with van der Waals surface area (Å²) in [7, 11) is 1.82. The second-order valence-electron chi connectivity index (χ2n) is 5.28. The molecule has 0 aliphatic carbocycles. The SMILES string of the molecule is CCCCNc1nnc(SCC(=O)N(C)Cc2ccccc2Br)s1. The highest BCUT2D eigenvalue weighted by molar-refractivity contribution is 9.10. The van der Waals surface area contributed by atoms with Gasteiger partial charge in [0.15, 0.2) is 4.34 Å². The Morgan fingerprint density at radius 3 is 2.92 bits per heavy atom. The maximum absolute atomic E-state index is 12.3. The second-order valence-corrected chi connectivity index (χ2v) is 8.34. The second kappa shape index (κ2) is 10.0. The van der Waals surface area contributed by atoms with Gasteiger partial charge in [-0.25, -0.2) is 0 Å². The minimum absolute atomic E-state index is 0.0754. The van der Waals surface area contributed by atoms with Gasteiger partial charge < -0.3 is 10.2 Å². The lowest BCUT2D eigenvalue weighted by Crippen LogP contribution is -2.27. The molecule has 0 atom stereocenters. The number of hydrogen-bond donors (Lipinski definition) is 1. The minimum Gasteiger partial charge on any atom is -0.360 e. The molecule has 0 bridgehead atoms. The molecular weight excluding hydrogens is 408 g/mol. The highest BCUT2D eigenvalue weighted by Crippen LogP contribution is 2.26. The Labute approximate surface area is 159 Å². The molecule has 0 saturated carbocycles. The Morgan fingerprint density at radius 2 is 2.17 bits per heavy atom. The van der Waals surface area contributed by atoms with E-state index in [9.17, 15) is 4.79 Å². The van der Waals surface area contributed by atoms with Crippen molar-refractivity contribution in [2.24, 2.45) is 0 Å². The zero-order valence-corrected chi connectivity index (χ0v) is 17.0. The number of thioether (sulfide) groups is 1. The molecule has 0 saturated heterocycles. The number of anilines is 1. The van der Waals surface area contributed by atoms with E-state index in [4.69, 9.17) is 0 Å². The summed E-state index contributed by atoms with van der Waals surface area (Å²) in [6.45, 7) is 3.64. The van der Waals surface area contributed by atoms with Gasteiger partial charge in [-0.2, -0.15) is 0 Å². The van der Waals surface area contributed by atoms with E-state index in [2.05, 4.69) is 38.4 Å². The van der Waals surface area contributed by atoms with Crippen LogP contribution in [0.25, 0.3) is 0 Å². The maximum Gasteiger partial charge on any atom is 0.233 e. The molecule has 1 aromatic heterocycles. The van der Waals surface area contributed by atoms with Crippen molar-refractivity contribution in [1.29, 1.82) is 0 Å². The smallest absolute Gasteiger partial charge is 0.233 e. The fourth-order valence-electron chi connectivity index (χ4n) is 1.92. The van der Waals surface area contributed by atoms with Gasteiger partial charge in [-0.05, 0) is 18.1 Å². The van der Waals surface area contributed by atoms with Crippen molar-refractivity contribution >= 4 is 50.1 Å². The van der Waals surface area contributed by atoms with Gasteiger partial charge in [0.2, 0.25) is 11.0 Å². The number of nitrogens with zero attached hydrogens (tertiary/aromatic N) is 3. The van der Waals surface area contributed by atoms with Crippen LogP contribution in [-0.2, 0) is 11.3 Å². The fraction of sp³-hybridized carbons (Fsp3) is 0.438. The minimum atomic E-state index is 0.0754. The van der Waals surface area contributed by atoms with Crippen molar-refractivity contribution in [3.8, 4) is 0 Å². The summed E-state index contributed by atoms with van der Waals surface area (Å²) in [6, 6.07) is 7.94. The average Bonchev–Trinajstić information content (AvgIpc) is 3.03. The Morgan fingerprint density at radius 1 is 1.38 bits per heavy atom. The molecule has 0 spiro atoms. The molecule has 2 aromatic rings. The van der Waals surface area contributed by atoms with Gasteiger partial charge in [-0.15, -0.1) is 10.2 Å². The van der Waals surface area contributed by atoms with E-state index in [0.29, 0.717) is 12.3 Å². The Hall–Kier alpha value is -1.12. The van der Waals surface area contributed by atoms with Crippen molar-refractivity contribution in [3.05, 3.63) is 34.3 Å². The number of benzene rings is 1. The van der Waals surface area contributed by atoms with E-state index in [1.54, 1.807) is 4.90 Å². The van der Waals surface area contributed by atoms with Gasteiger partial charge >= 0.3 is 0 Å². The van der Waals surface area contributed by atoms with Gasteiger partial charge in [-0.1, -0.05) is 70.6 Å². The Kier molecular flexibility index (Phi) is 8.01. The molecule has 8 heteroatoms. The van der Waals surface area contributed by atoms with Crippen LogP contribution in [0.4, 0.5) is 5.13 Å².